The zero-order chi connectivity index (χ0) is 21.3. The fourth-order valence-corrected chi connectivity index (χ4v) is 6.24. The van der Waals surface area contributed by atoms with Crippen LogP contribution in [0.1, 0.15) is 25.7 Å². The highest BCUT2D eigenvalue weighted by Crippen LogP contribution is 2.44. The summed E-state index contributed by atoms with van der Waals surface area (Å²) in [6.45, 7) is -0.438. The molecule has 8 nitrogen and oxygen atoms in total. The predicted octanol–water partition coefficient (Wildman–Crippen LogP) is 3.09. The molecule has 1 amide bonds. The van der Waals surface area contributed by atoms with Crippen LogP contribution in [-0.4, -0.2) is 31.8 Å². The molecule has 0 aromatic heterocycles. The molecule has 0 heterocycles. The van der Waals surface area contributed by atoms with Crippen LogP contribution in [0.4, 0.5) is 11.4 Å². The second-order valence-electron chi connectivity index (χ2n) is 7.92. The third-order valence-electron chi connectivity index (χ3n) is 6.05. The molecule has 2 aromatic carbocycles. The minimum atomic E-state index is -4.34. The first-order valence-corrected chi connectivity index (χ1v) is 11.4. The Bertz CT molecular complexity index is 1060. The van der Waals surface area contributed by atoms with Gasteiger partial charge in [-0.2, -0.15) is 0 Å². The van der Waals surface area contributed by atoms with Gasteiger partial charge in [0.25, 0.3) is 15.7 Å². The Morgan fingerprint density at radius 1 is 1.07 bits per heavy atom. The summed E-state index contributed by atoms with van der Waals surface area (Å²) in [5, 5.41) is 14.4. The van der Waals surface area contributed by atoms with E-state index in [2.05, 4.69) is 5.32 Å². The highest BCUT2D eigenvalue weighted by atomic mass is 32.2. The molecule has 0 unspecified atom stereocenters. The minimum absolute atomic E-state index is 0.0719. The van der Waals surface area contributed by atoms with Gasteiger partial charge in [-0.15, -0.1) is 0 Å². The van der Waals surface area contributed by atoms with Crippen molar-refractivity contribution < 1.29 is 18.1 Å². The van der Waals surface area contributed by atoms with E-state index in [-0.39, 0.29) is 11.7 Å². The quantitative estimate of drug-likeness (QED) is 0.537. The molecule has 2 aliphatic rings. The summed E-state index contributed by atoms with van der Waals surface area (Å²) >= 11 is 0. The average molecular weight is 429 g/mol. The number of benzene rings is 2. The zero-order valence-corrected chi connectivity index (χ0v) is 17.1. The van der Waals surface area contributed by atoms with Crippen LogP contribution in [0, 0.1) is 22.0 Å². The lowest BCUT2D eigenvalue weighted by Crippen LogP contribution is -2.46. The minimum Gasteiger partial charge on any atom is -0.352 e. The lowest BCUT2D eigenvalue weighted by molar-refractivity contribution is -0.387. The van der Waals surface area contributed by atoms with Crippen LogP contribution in [0.25, 0.3) is 0 Å². The summed E-state index contributed by atoms with van der Waals surface area (Å²) in [7, 11) is -4.34. The maximum absolute atomic E-state index is 13.4. The fourth-order valence-electron chi connectivity index (χ4n) is 4.66. The van der Waals surface area contributed by atoms with E-state index in [4.69, 9.17) is 0 Å². The van der Waals surface area contributed by atoms with Crippen molar-refractivity contribution in [1.82, 2.24) is 5.32 Å². The van der Waals surface area contributed by atoms with Gasteiger partial charge in [-0.1, -0.05) is 36.8 Å². The van der Waals surface area contributed by atoms with E-state index in [0.717, 1.165) is 29.6 Å². The smallest absolute Gasteiger partial charge is 0.289 e. The number of nitrogens with one attached hydrogen (secondary N) is 1. The average Bonchev–Trinajstić information content (AvgIpc) is 3.35. The number of para-hydroxylation sites is 2. The van der Waals surface area contributed by atoms with Gasteiger partial charge in [-0.05, 0) is 49.3 Å². The van der Waals surface area contributed by atoms with Gasteiger partial charge < -0.3 is 5.32 Å². The zero-order valence-electron chi connectivity index (χ0n) is 16.3. The number of hydrogen-bond acceptors (Lipinski definition) is 5. The maximum Gasteiger partial charge on any atom is 0.289 e. The van der Waals surface area contributed by atoms with Crippen molar-refractivity contribution in [1.29, 1.82) is 0 Å². The predicted molar refractivity (Wildman–Crippen MR) is 111 cm³/mol. The number of nitrogens with zero attached hydrogens (tertiary/aromatic N) is 2. The number of anilines is 1. The molecule has 2 fully saturated rings. The van der Waals surface area contributed by atoms with Crippen molar-refractivity contribution in [3.05, 3.63) is 64.7 Å². The number of nitro benzene ring substituents is 1. The number of amides is 1. The van der Waals surface area contributed by atoms with E-state index in [1.165, 1.54) is 24.6 Å². The molecule has 9 heteroatoms. The number of sulfonamides is 1. The molecule has 3 atom stereocenters. The second kappa shape index (κ2) is 8.06. The van der Waals surface area contributed by atoms with Crippen LogP contribution in [-0.2, 0) is 14.8 Å². The van der Waals surface area contributed by atoms with E-state index in [1.54, 1.807) is 30.3 Å². The van der Waals surface area contributed by atoms with Gasteiger partial charge in [0.05, 0.1) is 10.6 Å². The van der Waals surface area contributed by atoms with Crippen molar-refractivity contribution in [2.45, 2.75) is 36.6 Å². The number of rotatable bonds is 7. The van der Waals surface area contributed by atoms with E-state index in [1.807, 2.05) is 0 Å². The summed E-state index contributed by atoms with van der Waals surface area (Å²) in [5.74, 6) is 0.690. The van der Waals surface area contributed by atoms with Gasteiger partial charge in [-0.25, -0.2) is 8.42 Å². The van der Waals surface area contributed by atoms with Crippen molar-refractivity contribution in [3.63, 3.8) is 0 Å². The van der Waals surface area contributed by atoms with Gasteiger partial charge in [0, 0.05) is 12.1 Å². The van der Waals surface area contributed by atoms with Crippen LogP contribution >= 0.6 is 0 Å². The van der Waals surface area contributed by atoms with Gasteiger partial charge in [0.15, 0.2) is 4.90 Å². The Morgan fingerprint density at radius 2 is 1.77 bits per heavy atom. The number of nitro groups is 1. The van der Waals surface area contributed by atoms with E-state index < -0.39 is 38.0 Å². The number of fused-ring (bicyclic) bond motifs is 2. The summed E-state index contributed by atoms with van der Waals surface area (Å²) < 4.78 is 27.7. The summed E-state index contributed by atoms with van der Waals surface area (Å²) in [5.41, 5.74) is -0.245. The lowest BCUT2D eigenvalue weighted by atomic mass is 9.95. The van der Waals surface area contributed by atoms with Gasteiger partial charge in [0.2, 0.25) is 5.91 Å². The van der Waals surface area contributed by atoms with Gasteiger partial charge in [-0.3, -0.25) is 19.2 Å². The van der Waals surface area contributed by atoms with Crippen LogP contribution in [0.5, 0.6) is 0 Å². The Morgan fingerprint density at radius 3 is 2.40 bits per heavy atom. The van der Waals surface area contributed by atoms with E-state index in [9.17, 15) is 23.3 Å². The molecule has 2 saturated carbocycles. The molecule has 0 aliphatic heterocycles. The molecule has 0 spiro atoms. The Labute approximate surface area is 175 Å². The molecule has 4 rings (SSSR count). The van der Waals surface area contributed by atoms with Gasteiger partial charge in [0.1, 0.15) is 6.54 Å². The van der Waals surface area contributed by atoms with Crippen LogP contribution in [0.2, 0.25) is 0 Å². The first kappa shape index (κ1) is 20.3. The molecule has 30 heavy (non-hydrogen) atoms. The molecule has 2 bridgehead atoms. The summed E-state index contributed by atoms with van der Waals surface area (Å²) in [6.07, 6.45) is 4.33. The fraction of sp³-hybridized carbons (Fsp3) is 0.381. The first-order chi connectivity index (χ1) is 14.4. The number of carbonyl (C=O) groups is 1. The van der Waals surface area contributed by atoms with Crippen molar-refractivity contribution in [2.24, 2.45) is 11.8 Å². The topological polar surface area (TPSA) is 110 Å². The monoisotopic (exact) mass is 429 g/mol. The first-order valence-electron chi connectivity index (χ1n) is 9.97. The molecular formula is C21H23N3O5S. The third-order valence-corrected chi connectivity index (χ3v) is 7.87. The Hall–Kier alpha value is -2.94. The molecule has 2 aliphatic carbocycles. The van der Waals surface area contributed by atoms with Crippen LogP contribution in [0.15, 0.2) is 59.5 Å². The highest BCUT2D eigenvalue weighted by molar-refractivity contribution is 7.93. The van der Waals surface area contributed by atoms with Crippen LogP contribution < -0.4 is 9.62 Å². The molecule has 0 radical (unpaired) electrons. The lowest BCUT2D eigenvalue weighted by Gasteiger charge is -2.27. The third kappa shape index (κ3) is 3.89. The summed E-state index contributed by atoms with van der Waals surface area (Å²) in [4.78, 5) is 23.0. The van der Waals surface area contributed by atoms with E-state index in [0.29, 0.717) is 11.8 Å². The number of carbonyl (C=O) groups excluding carboxylic acids is 1. The Kier molecular flexibility index (Phi) is 5.46. The SMILES string of the molecule is O=C(CN(c1ccccc1)S(=O)(=O)c1ccccc1[N+](=O)[O-])N[C@@H]1C[C@@H]2CC[C@H]1C2. The van der Waals surface area contributed by atoms with Crippen molar-refractivity contribution in [2.75, 3.05) is 10.8 Å². The normalized spacial score (nSPS) is 22.6. The number of hydrogen-bond donors (Lipinski definition) is 1. The molecule has 158 valence electrons. The molecular weight excluding hydrogens is 406 g/mol. The van der Waals surface area contributed by atoms with E-state index >= 15 is 0 Å². The highest BCUT2D eigenvalue weighted by Gasteiger charge is 2.41. The van der Waals surface area contributed by atoms with Crippen LogP contribution in [0.3, 0.4) is 0 Å². The maximum atomic E-state index is 13.4. The van der Waals surface area contributed by atoms with Crippen molar-refractivity contribution >= 4 is 27.3 Å². The molecule has 2 aromatic rings. The largest absolute Gasteiger partial charge is 0.352 e. The summed E-state index contributed by atoms with van der Waals surface area (Å²) in [6, 6.07) is 13.4. The second-order valence-corrected chi connectivity index (χ2v) is 9.75. The molecule has 1 N–H and O–H groups in total. The molecule has 0 saturated heterocycles. The van der Waals surface area contributed by atoms with Gasteiger partial charge >= 0.3 is 0 Å². The Balaban J connectivity index is 1.63. The van der Waals surface area contributed by atoms with Crippen molar-refractivity contribution in [3.8, 4) is 0 Å². The standard InChI is InChI=1S/C21H23N3O5S/c25-21(22-18-13-15-10-11-16(18)12-15)14-23(17-6-2-1-3-7-17)30(28,29)20-9-5-4-8-19(20)24(26)27/h1-9,15-16,18H,10-14H2,(H,22,25)/t15-,16+,18-/m1/s1.